The van der Waals surface area contributed by atoms with Crippen molar-refractivity contribution in [1.82, 2.24) is 10.0 Å². The highest BCUT2D eigenvalue weighted by Crippen LogP contribution is 2.36. The summed E-state index contributed by atoms with van der Waals surface area (Å²) in [6, 6.07) is 3.19. The van der Waals surface area contributed by atoms with Crippen LogP contribution in [0, 0.1) is 6.92 Å². The van der Waals surface area contributed by atoms with Gasteiger partial charge >= 0.3 is 0 Å². The summed E-state index contributed by atoms with van der Waals surface area (Å²) >= 11 is 0. The van der Waals surface area contributed by atoms with Crippen LogP contribution in [-0.4, -0.2) is 34.3 Å². The SMILES string of the molecule is Cc1cc2c(cc1S(=O)(=O)N[C@@H]1CCCNC1)OCO2.Cl. The number of rotatable bonds is 3. The van der Waals surface area contributed by atoms with E-state index in [1.165, 1.54) is 6.07 Å². The first-order valence-corrected chi connectivity index (χ1v) is 8.18. The Morgan fingerprint density at radius 3 is 2.67 bits per heavy atom. The van der Waals surface area contributed by atoms with Crippen LogP contribution in [0.5, 0.6) is 11.5 Å². The van der Waals surface area contributed by atoms with Gasteiger partial charge in [0.15, 0.2) is 11.5 Å². The van der Waals surface area contributed by atoms with E-state index in [0.717, 1.165) is 19.4 Å². The molecule has 2 N–H and O–H groups in total. The minimum Gasteiger partial charge on any atom is -0.454 e. The Morgan fingerprint density at radius 1 is 1.29 bits per heavy atom. The highest BCUT2D eigenvalue weighted by Gasteiger charge is 2.26. The summed E-state index contributed by atoms with van der Waals surface area (Å²) in [5.41, 5.74) is 0.658. The Labute approximate surface area is 130 Å². The highest BCUT2D eigenvalue weighted by molar-refractivity contribution is 7.89. The summed E-state index contributed by atoms with van der Waals surface area (Å²) < 4.78 is 38.2. The fourth-order valence-electron chi connectivity index (χ4n) is 2.55. The van der Waals surface area contributed by atoms with Crippen molar-refractivity contribution in [2.24, 2.45) is 0 Å². The second kappa shape index (κ2) is 6.39. The van der Waals surface area contributed by atoms with Gasteiger partial charge in [-0.25, -0.2) is 13.1 Å². The fraction of sp³-hybridized carbons (Fsp3) is 0.538. The van der Waals surface area contributed by atoms with Gasteiger partial charge < -0.3 is 14.8 Å². The minimum absolute atomic E-state index is 0. The summed E-state index contributed by atoms with van der Waals surface area (Å²) in [5.74, 6) is 1.08. The zero-order valence-corrected chi connectivity index (χ0v) is 13.4. The number of aryl methyl sites for hydroxylation is 1. The van der Waals surface area contributed by atoms with Crippen molar-refractivity contribution >= 4 is 22.4 Å². The Balaban J connectivity index is 0.00000161. The number of ether oxygens (including phenoxy) is 2. The number of hydrogen-bond acceptors (Lipinski definition) is 5. The van der Waals surface area contributed by atoms with Crippen LogP contribution in [0.15, 0.2) is 17.0 Å². The molecule has 118 valence electrons. The van der Waals surface area contributed by atoms with E-state index in [1.807, 2.05) is 0 Å². The third-order valence-corrected chi connectivity index (χ3v) is 5.24. The largest absolute Gasteiger partial charge is 0.454 e. The Morgan fingerprint density at radius 2 is 2.00 bits per heavy atom. The molecule has 2 aliphatic heterocycles. The predicted octanol–water partition coefficient (Wildman–Crippen LogP) is 1.18. The summed E-state index contributed by atoms with van der Waals surface area (Å²) in [6.07, 6.45) is 1.84. The number of hydrogen-bond donors (Lipinski definition) is 2. The van der Waals surface area contributed by atoms with E-state index in [-0.39, 0.29) is 30.1 Å². The molecule has 3 rings (SSSR count). The Kier molecular flexibility index (Phi) is 4.98. The number of halogens is 1. The molecule has 0 amide bonds. The smallest absolute Gasteiger partial charge is 0.241 e. The summed E-state index contributed by atoms with van der Waals surface area (Å²) in [5, 5.41) is 3.19. The summed E-state index contributed by atoms with van der Waals surface area (Å²) in [4.78, 5) is 0.257. The zero-order valence-electron chi connectivity index (χ0n) is 11.7. The average Bonchev–Trinajstić information content (AvgIpc) is 2.85. The van der Waals surface area contributed by atoms with E-state index in [2.05, 4.69) is 10.0 Å². The lowest BCUT2D eigenvalue weighted by Crippen LogP contribution is -2.45. The van der Waals surface area contributed by atoms with Crippen molar-refractivity contribution in [3.63, 3.8) is 0 Å². The molecular formula is C13H19ClN2O4S. The summed E-state index contributed by atoms with van der Waals surface area (Å²) in [7, 11) is -3.54. The predicted molar refractivity (Wildman–Crippen MR) is 80.8 cm³/mol. The molecular weight excluding hydrogens is 316 g/mol. The van der Waals surface area contributed by atoms with Crippen molar-refractivity contribution < 1.29 is 17.9 Å². The van der Waals surface area contributed by atoms with Crippen LogP contribution < -0.4 is 19.5 Å². The molecule has 0 aromatic heterocycles. The van der Waals surface area contributed by atoms with Crippen LogP contribution in [0.25, 0.3) is 0 Å². The second-order valence-electron chi connectivity index (χ2n) is 5.14. The zero-order chi connectivity index (χ0) is 14.2. The molecule has 1 aromatic rings. The number of piperidine rings is 1. The van der Waals surface area contributed by atoms with Gasteiger partial charge in [-0.2, -0.15) is 0 Å². The molecule has 1 fully saturated rings. The molecule has 1 aromatic carbocycles. The van der Waals surface area contributed by atoms with Crippen molar-refractivity contribution in [3.8, 4) is 11.5 Å². The number of sulfonamides is 1. The lowest BCUT2D eigenvalue weighted by molar-refractivity contribution is 0.174. The Hall–Kier alpha value is -1.02. The van der Waals surface area contributed by atoms with E-state index in [1.54, 1.807) is 13.0 Å². The minimum atomic E-state index is -3.54. The van der Waals surface area contributed by atoms with Crippen molar-refractivity contribution in [1.29, 1.82) is 0 Å². The van der Waals surface area contributed by atoms with Crippen LogP contribution in [-0.2, 0) is 10.0 Å². The van der Waals surface area contributed by atoms with Crippen LogP contribution in [0.3, 0.4) is 0 Å². The third kappa shape index (κ3) is 3.42. The molecule has 1 saturated heterocycles. The monoisotopic (exact) mass is 334 g/mol. The highest BCUT2D eigenvalue weighted by atomic mass is 35.5. The topological polar surface area (TPSA) is 76.7 Å². The van der Waals surface area contributed by atoms with Crippen molar-refractivity contribution in [3.05, 3.63) is 17.7 Å². The molecule has 21 heavy (non-hydrogen) atoms. The van der Waals surface area contributed by atoms with Crippen LogP contribution >= 0.6 is 12.4 Å². The van der Waals surface area contributed by atoms with Crippen LogP contribution in [0.1, 0.15) is 18.4 Å². The van der Waals surface area contributed by atoms with E-state index >= 15 is 0 Å². The quantitative estimate of drug-likeness (QED) is 0.868. The molecule has 1 atom stereocenters. The molecule has 0 spiro atoms. The molecule has 0 aliphatic carbocycles. The Bertz CT molecular complexity index is 615. The maximum Gasteiger partial charge on any atom is 0.241 e. The van der Waals surface area contributed by atoms with Crippen LogP contribution in [0.2, 0.25) is 0 Å². The fourth-order valence-corrected chi connectivity index (χ4v) is 4.06. The maximum absolute atomic E-state index is 12.5. The first-order valence-electron chi connectivity index (χ1n) is 6.69. The van der Waals surface area contributed by atoms with Crippen molar-refractivity contribution in [2.45, 2.75) is 30.7 Å². The van der Waals surface area contributed by atoms with E-state index in [0.29, 0.717) is 23.6 Å². The van der Waals surface area contributed by atoms with E-state index in [9.17, 15) is 8.42 Å². The molecule has 8 heteroatoms. The van der Waals surface area contributed by atoms with Gasteiger partial charge in [-0.3, -0.25) is 0 Å². The molecule has 0 unspecified atom stereocenters. The molecule has 6 nitrogen and oxygen atoms in total. The molecule has 2 aliphatic rings. The van der Waals surface area contributed by atoms with Gasteiger partial charge in [-0.1, -0.05) is 0 Å². The summed E-state index contributed by atoms with van der Waals surface area (Å²) in [6.45, 7) is 3.51. The first kappa shape index (κ1) is 16.4. The molecule has 0 bridgehead atoms. The van der Waals surface area contributed by atoms with Gasteiger partial charge in [0.25, 0.3) is 0 Å². The van der Waals surface area contributed by atoms with E-state index < -0.39 is 10.0 Å². The van der Waals surface area contributed by atoms with Crippen molar-refractivity contribution in [2.75, 3.05) is 19.9 Å². The average molecular weight is 335 g/mol. The normalized spacial score (nSPS) is 20.9. The van der Waals surface area contributed by atoms with E-state index in [4.69, 9.17) is 9.47 Å². The lowest BCUT2D eigenvalue weighted by Gasteiger charge is -2.24. The van der Waals surface area contributed by atoms with Gasteiger partial charge in [-0.15, -0.1) is 12.4 Å². The second-order valence-corrected chi connectivity index (χ2v) is 6.82. The van der Waals surface area contributed by atoms with Gasteiger partial charge in [0.2, 0.25) is 16.8 Å². The number of nitrogens with one attached hydrogen (secondary N) is 2. The lowest BCUT2D eigenvalue weighted by atomic mass is 10.1. The first-order chi connectivity index (χ1) is 9.56. The molecule has 0 saturated carbocycles. The van der Waals surface area contributed by atoms with Gasteiger partial charge in [0, 0.05) is 18.7 Å². The number of fused-ring (bicyclic) bond motifs is 1. The van der Waals surface area contributed by atoms with Gasteiger partial charge in [0.1, 0.15) is 0 Å². The van der Waals surface area contributed by atoms with Gasteiger partial charge in [-0.05, 0) is 37.9 Å². The number of benzene rings is 1. The van der Waals surface area contributed by atoms with Crippen LogP contribution in [0.4, 0.5) is 0 Å². The standard InChI is InChI=1S/C13H18N2O4S.ClH/c1-9-5-11-12(19-8-18-11)6-13(9)20(16,17)15-10-3-2-4-14-7-10;/h5-6,10,14-15H,2-4,7-8H2,1H3;1H/t10-;/m1./s1. The molecule has 2 heterocycles. The molecule has 0 radical (unpaired) electrons. The maximum atomic E-state index is 12.5. The van der Waals surface area contributed by atoms with Gasteiger partial charge in [0.05, 0.1) is 4.90 Å². The third-order valence-electron chi connectivity index (χ3n) is 3.58.